The van der Waals surface area contributed by atoms with E-state index in [1.165, 1.54) is 18.9 Å². The Bertz CT molecular complexity index is 1350. The maximum absolute atomic E-state index is 14.5. The number of Topliss-reactive ketones (excluding diaryl/α,β-unsaturated/α-hetero) is 2. The summed E-state index contributed by atoms with van der Waals surface area (Å²) in [5.74, 6) is -3.80. The quantitative estimate of drug-likeness (QED) is 0.290. The predicted molar refractivity (Wildman–Crippen MR) is 180 cm³/mol. The molecule has 0 aromatic carbocycles. The predicted octanol–water partition coefficient (Wildman–Crippen LogP) is 4.28. The van der Waals surface area contributed by atoms with Crippen molar-refractivity contribution >= 4 is 23.6 Å². The second kappa shape index (κ2) is 16.8. The first-order valence-electron chi connectivity index (χ1n) is 17.5. The molecule has 1 radical (unpaired) electrons. The van der Waals surface area contributed by atoms with E-state index in [4.69, 9.17) is 23.7 Å². The molecule has 1 amide bonds. The summed E-state index contributed by atoms with van der Waals surface area (Å²) >= 11 is 0. The molecule has 3 saturated heterocycles. The van der Waals surface area contributed by atoms with Crippen LogP contribution in [0.25, 0.3) is 0 Å². The van der Waals surface area contributed by atoms with Gasteiger partial charge in [0, 0.05) is 87.7 Å². The number of amides is 1. The van der Waals surface area contributed by atoms with E-state index < -0.39 is 71.3 Å². The Morgan fingerprint density at radius 1 is 1.08 bits per heavy atom. The third kappa shape index (κ3) is 8.33. The monoisotopic (exact) mass is 778 g/mol. The van der Waals surface area contributed by atoms with Crippen LogP contribution in [0.5, 0.6) is 0 Å². The van der Waals surface area contributed by atoms with Gasteiger partial charge in [0.15, 0.2) is 17.9 Å². The van der Waals surface area contributed by atoms with Crippen LogP contribution in [-0.4, -0.2) is 112 Å². The molecule has 3 aliphatic heterocycles. The van der Waals surface area contributed by atoms with E-state index in [-0.39, 0.29) is 82.0 Å². The number of ether oxygens (including phenoxy) is 5. The first kappa shape index (κ1) is 42.5. The largest absolute Gasteiger partial charge is 0.480 e. The maximum Gasteiger partial charge on any atom is 0.412 e. The molecule has 0 N–H and O–H groups in total. The van der Waals surface area contributed by atoms with Gasteiger partial charge in [0.25, 0.3) is 0 Å². The zero-order chi connectivity index (χ0) is 36.6. The first-order valence-corrected chi connectivity index (χ1v) is 17.5. The first-order chi connectivity index (χ1) is 22.9. The van der Waals surface area contributed by atoms with E-state index in [0.717, 1.165) is 6.42 Å². The van der Waals surface area contributed by atoms with Crippen LogP contribution in [-0.2, 0) is 77.4 Å². The molecule has 14 heteroatoms. The van der Waals surface area contributed by atoms with E-state index in [9.17, 15) is 19.2 Å². The molecule has 0 unspecified atom stereocenters. The van der Waals surface area contributed by atoms with Crippen molar-refractivity contribution in [2.24, 2.45) is 23.7 Å². The number of methoxy groups -OCH3 is 1. The van der Waals surface area contributed by atoms with Crippen molar-refractivity contribution in [3.8, 4) is 0 Å². The fraction of sp³-hybridized carbons (Fsp3) is 0.778. The SMILES string of the molecule is CC[C@H]1OC(=O)[C-](C)C(=O)[C@H](C)[C@@H](O[C@@H]2O[C@H](C)C[C@H](N(C)C)[C@H]2C)[C@](C)(OC)C[C@@H](C)C(=O)[C@H](C)[C@H]2N(Cn3cccn3)C(=O)O[C@]12C.[Y]. The number of carbonyl (C=O) groups excluding carboxylic acids is 4. The van der Waals surface area contributed by atoms with Gasteiger partial charge in [0.2, 0.25) is 0 Å². The number of nitrogens with zero attached hydrogens (tertiary/aromatic N) is 4. The van der Waals surface area contributed by atoms with Crippen LogP contribution >= 0.6 is 0 Å². The molecule has 0 saturated carbocycles. The van der Waals surface area contributed by atoms with Crippen molar-refractivity contribution in [1.29, 1.82) is 0 Å². The Morgan fingerprint density at radius 3 is 2.30 bits per heavy atom. The number of hydrogen-bond acceptors (Lipinski definition) is 11. The minimum atomic E-state index is -1.41. The number of ketones is 2. The van der Waals surface area contributed by atoms with E-state index in [1.54, 1.807) is 43.9 Å². The Morgan fingerprint density at radius 2 is 1.74 bits per heavy atom. The van der Waals surface area contributed by atoms with Gasteiger partial charge in [0.05, 0.1) is 23.9 Å². The van der Waals surface area contributed by atoms with Gasteiger partial charge in [-0.25, -0.2) is 10.7 Å². The van der Waals surface area contributed by atoms with Gasteiger partial charge in [-0.05, 0) is 60.2 Å². The molecular weight excluding hydrogens is 721 g/mol. The van der Waals surface area contributed by atoms with Gasteiger partial charge < -0.3 is 33.4 Å². The Labute approximate surface area is 322 Å². The smallest absolute Gasteiger partial charge is 0.412 e. The zero-order valence-electron chi connectivity index (χ0n) is 31.9. The second-order valence-corrected chi connectivity index (χ2v) is 15.0. The Kier molecular flexibility index (Phi) is 14.3. The van der Waals surface area contributed by atoms with Crippen molar-refractivity contribution < 1.29 is 75.6 Å². The van der Waals surface area contributed by atoms with E-state index in [2.05, 4.69) is 16.9 Å². The van der Waals surface area contributed by atoms with Gasteiger partial charge in [-0.3, -0.25) is 19.2 Å². The van der Waals surface area contributed by atoms with Crippen LogP contribution in [0.2, 0.25) is 0 Å². The zero-order valence-corrected chi connectivity index (χ0v) is 34.7. The standard InChI is InChI=1S/C36H57N4O9.Y/c1-13-27-36(9)30(40(34(44)49-36)19-39-16-14-15-37-39)23(5)28(41)20(2)18-35(8,45-12)31(24(6)29(42)25(7)32(43)47-27)48-33-22(4)26(38(10)11)17-21(3)46-33;/h14-16,20-24,26-27,30-31,33H,13,17-19H2,1-12H3;/q-1;/t20-,21-,22-,23+,24+,26+,27-,30-,31-,33+,35-,36-;/m1./s1. The van der Waals surface area contributed by atoms with Gasteiger partial charge in [-0.1, -0.05) is 34.6 Å². The molecule has 3 fully saturated rings. The van der Waals surface area contributed by atoms with Crippen molar-refractivity contribution in [2.75, 3.05) is 21.2 Å². The van der Waals surface area contributed by atoms with Gasteiger partial charge in [-0.15, -0.1) is 0 Å². The van der Waals surface area contributed by atoms with Gasteiger partial charge in [0.1, 0.15) is 18.6 Å². The van der Waals surface area contributed by atoms with Crippen LogP contribution in [0, 0.1) is 29.6 Å². The molecule has 1 aromatic heterocycles. The summed E-state index contributed by atoms with van der Waals surface area (Å²) in [6.45, 7) is 16.2. The summed E-state index contributed by atoms with van der Waals surface area (Å²) in [5.41, 5.74) is -2.58. The van der Waals surface area contributed by atoms with Crippen molar-refractivity contribution in [3.63, 3.8) is 0 Å². The number of carbonyl (C=O) groups is 4. The molecule has 0 spiro atoms. The molecule has 0 aliphatic carbocycles. The van der Waals surface area contributed by atoms with Crippen molar-refractivity contribution in [1.82, 2.24) is 19.6 Å². The van der Waals surface area contributed by atoms with Crippen LogP contribution in [0.15, 0.2) is 18.5 Å². The molecule has 0 bridgehead atoms. The summed E-state index contributed by atoms with van der Waals surface area (Å²) in [4.78, 5) is 59.6. The number of fused-ring (bicyclic) bond motifs is 1. The molecule has 3 aliphatic rings. The number of rotatable bonds is 7. The topological polar surface area (TPSA) is 139 Å². The minimum absolute atomic E-state index is 0. The van der Waals surface area contributed by atoms with Crippen LogP contribution < -0.4 is 0 Å². The van der Waals surface area contributed by atoms with Gasteiger partial charge >= 0.3 is 6.09 Å². The number of cyclic esters (lactones) is 1. The molecule has 279 valence electrons. The van der Waals surface area contributed by atoms with Crippen LogP contribution in [0.3, 0.4) is 0 Å². The molecule has 4 heterocycles. The van der Waals surface area contributed by atoms with E-state index in [0.29, 0.717) is 0 Å². The number of hydrogen-bond donors (Lipinski definition) is 0. The number of esters is 1. The third-order valence-electron chi connectivity index (χ3n) is 11.2. The number of aromatic nitrogens is 2. The fourth-order valence-electron chi connectivity index (χ4n) is 8.39. The normalized spacial score (nSPS) is 39.1. The summed E-state index contributed by atoms with van der Waals surface area (Å²) in [6.07, 6.45) is 1.31. The van der Waals surface area contributed by atoms with E-state index in [1.807, 2.05) is 41.8 Å². The molecule has 50 heavy (non-hydrogen) atoms. The molecule has 1 aromatic rings. The summed E-state index contributed by atoms with van der Waals surface area (Å²) in [6, 6.07) is 1.08. The Hall–Kier alpha value is -1.90. The third-order valence-corrected chi connectivity index (χ3v) is 11.2. The average Bonchev–Trinajstić information content (AvgIpc) is 3.66. The van der Waals surface area contributed by atoms with Gasteiger partial charge in [-0.2, -0.15) is 12.0 Å². The Balaban J connectivity index is 0.00000676. The van der Waals surface area contributed by atoms with E-state index >= 15 is 0 Å². The summed E-state index contributed by atoms with van der Waals surface area (Å²) in [5, 5.41) is 4.26. The maximum atomic E-state index is 14.5. The molecule has 12 atom stereocenters. The van der Waals surface area contributed by atoms with Crippen molar-refractivity contribution in [2.45, 2.75) is 136 Å². The van der Waals surface area contributed by atoms with Crippen molar-refractivity contribution in [3.05, 3.63) is 24.4 Å². The minimum Gasteiger partial charge on any atom is -0.480 e. The van der Waals surface area contributed by atoms with Crippen LogP contribution in [0.1, 0.15) is 81.6 Å². The molecule has 4 rings (SSSR count). The average molecular weight is 779 g/mol. The second-order valence-electron chi connectivity index (χ2n) is 15.0. The summed E-state index contributed by atoms with van der Waals surface area (Å²) in [7, 11) is 5.58. The molecule has 13 nitrogen and oxygen atoms in total. The molecular formula is C36H57N4O9Y-. The van der Waals surface area contributed by atoms with Crippen LogP contribution in [0.4, 0.5) is 4.79 Å². The summed E-state index contributed by atoms with van der Waals surface area (Å²) < 4.78 is 33.0. The fourth-order valence-corrected chi connectivity index (χ4v) is 8.39.